The molecule has 0 bridgehead atoms. The Labute approximate surface area is 116 Å². The quantitative estimate of drug-likeness (QED) is 0.908. The van der Waals surface area contributed by atoms with Gasteiger partial charge in [0.05, 0.1) is 7.11 Å². The van der Waals surface area contributed by atoms with Crippen LogP contribution in [0.3, 0.4) is 0 Å². The third-order valence-electron chi connectivity index (χ3n) is 4.18. The SMILES string of the molecule is COc1cccc(N2CCC(C)(C)CC2)c1[C@H](C)N. The third kappa shape index (κ3) is 3.03. The van der Waals surface area contributed by atoms with Crippen molar-refractivity contribution in [3.05, 3.63) is 23.8 Å². The van der Waals surface area contributed by atoms with Gasteiger partial charge < -0.3 is 15.4 Å². The fourth-order valence-electron chi connectivity index (χ4n) is 2.80. The molecule has 1 atom stereocenters. The molecular weight excluding hydrogens is 236 g/mol. The van der Waals surface area contributed by atoms with Gasteiger partial charge in [-0.25, -0.2) is 0 Å². The largest absolute Gasteiger partial charge is 0.496 e. The molecule has 1 aromatic carbocycles. The lowest BCUT2D eigenvalue weighted by molar-refractivity contribution is 0.279. The predicted molar refractivity (Wildman–Crippen MR) is 80.8 cm³/mol. The average molecular weight is 262 g/mol. The van der Waals surface area contributed by atoms with Crippen LogP contribution < -0.4 is 15.4 Å². The van der Waals surface area contributed by atoms with E-state index >= 15 is 0 Å². The maximum absolute atomic E-state index is 6.14. The molecule has 19 heavy (non-hydrogen) atoms. The highest BCUT2D eigenvalue weighted by atomic mass is 16.5. The number of methoxy groups -OCH3 is 1. The molecule has 0 amide bonds. The van der Waals surface area contributed by atoms with Crippen molar-refractivity contribution in [2.45, 2.75) is 39.7 Å². The van der Waals surface area contributed by atoms with Gasteiger partial charge >= 0.3 is 0 Å². The molecule has 1 saturated heterocycles. The minimum absolute atomic E-state index is 0.0129. The lowest BCUT2D eigenvalue weighted by Gasteiger charge is -2.39. The van der Waals surface area contributed by atoms with Crippen molar-refractivity contribution in [2.75, 3.05) is 25.1 Å². The minimum Gasteiger partial charge on any atom is -0.496 e. The van der Waals surface area contributed by atoms with E-state index in [0.717, 1.165) is 24.4 Å². The first-order chi connectivity index (χ1) is 8.94. The van der Waals surface area contributed by atoms with Gasteiger partial charge in [-0.2, -0.15) is 0 Å². The molecule has 0 saturated carbocycles. The van der Waals surface area contributed by atoms with Gasteiger partial charge in [-0.1, -0.05) is 19.9 Å². The normalized spacial score (nSPS) is 20.2. The van der Waals surface area contributed by atoms with Crippen molar-refractivity contribution >= 4 is 5.69 Å². The fourth-order valence-corrected chi connectivity index (χ4v) is 2.80. The van der Waals surface area contributed by atoms with Gasteiger partial charge in [-0.3, -0.25) is 0 Å². The molecule has 1 aliphatic rings. The van der Waals surface area contributed by atoms with Crippen molar-refractivity contribution in [1.29, 1.82) is 0 Å². The van der Waals surface area contributed by atoms with Gasteiger partial charge in [0.25, 0.3) is 0 Å². The average Bonchev–Trinajstić information content (AvgIpc) is 2.37. The van der Waals surface area contributed by atoms with E-state index in [2.05, 4.69) is 30.9 Å². The maximum atomic E-state index is 6.14. The summed E-state index contributed by atoms with van der Waals surface area (Å²) in [6, 6.07) is 6.20. The monoisotopic (exact) mass is 262 g/mol. The second-order valence-corrected chi connectivity index (χ2v) is 6.33. The van der Waals surface area contributed by atoms with Crippen LogP contribution in [0.5, 0.6) is 5.75 Å². The smallest absolute Gasteiger partial charge is 0.125 e. The molecule has 2 N–H and O–H groups in total. The number of hydrogen-bond acceptors (Lipinski definition) is 3. The van der Waals surface area contributed by atoms with E-state index in [1.165, 1.54) is 18.5 Å². The molecule has 1 aliphatic heterocycles. The van der Waals surface area contributed by atoms with Gasteiger partial charge in [0.1, 0.15) is 5.75 Å². The second kappa shape index (κ2) is 5.41. The van der Waals surface area contributed by atoms with Crippen LogP contribution in [0.4, 0.5) is 5.69 Å². The molecule has 0 aromatic heterocycles. The summed E-state index contributed by atoms with van der Waals surface area (Å²) in [6.45, 7) is 8.92. The van der Waals surface area contributed by atoms with Crippen molar-refractivity contribution < 1.29 is 4.74 Å². The Morgan fingerprint density at radius 3 is 2.42 bits per heavy atom. The van der Waals surface area contributed by atoms with Gasteiger partial charge in [0.2, 0.25) is 0 Å². The minimum atomic E-state index is -0.0129. The molecule has 0 spiro atoms. The van der Waals surface area contributed by atoms with Crippen LogP contribution in [0, 0.1) is 5.41 Å². The number of benzene rings is 1. The highest BCUT2D eigenvalue weighted by Gasteiger charge is 2.27. The van der Waals surface area contributed by atoms with Crippen LogP contribution in [-0.4, -0.2) is 20.2 Å². The van der Waals surface area contributed by atoms with Crippen LogP contribution in [0.15, 0.2) is 18.2 Å². The number of piperidine rings is 1. The lowest BCUT2D eigenvalue weighted by atomic mass is 9.82. The van der Waals surface area contributed by atoms with Gasteiger partial charge in [-0.15, -0.1) is 0 Å². The zero-order chi connectivity index (χ0) is 14.0. The van der Waals surface area contributed by atoms with Gasteiger partial charge in [-0.05, 0) is 37.3 Å². The maximum Gasteiger partial charge on any atom is 0.125 e. The zero-order valence-electron chi connectivity index (χ0n) is 12.6. The number of nitrogens with zero attached hydrogens (tertiary/aromatic N) is 1. The topological polar surface area (TPSA) is 38.5 Å². The molecular formula is C16H26N2O. The van der Waals surface area contributed by atoms with Crippen LogP contribution in [-0.2, 0) is 0 Å². The zero-order valence-corrected chi connectivity index (χ0v) is 12.6. The second-order valence-electron chi connectivity index (χ2n) is 6.33. The van der Waals surface area contributed by atoms with Gasteiger partial charge in [0.15, 0.2) is 0 Å². The summed E-state index contributed by atoms with van der Waals surface area (Å²) in [5.74, 6) is 0.900. The Kier molecular flexibility index (Phi) is 4.04. The number of ether oxygens (including phenoxy) is 1. The number of rotatable bonds is 3. The number of anilines is 1. The Balaban J connectivity index is 2.30. The van der Waals surface area contributed by atoms with Crippen molar-refractivity contribution in [3.63, 3.8) is 0 Å². The van der Waals surface area contributed by atoms with E-state index in [4.69, 9.17) is 10.5 Å². The summed E-state index contributed by atoms with van der Waals surface area (Å²) in [7, 11) is 1.71. The molecule has 3 heteroatoms. The summed E-state index contributed by atoms with van der Waals surface area (Å²) >= 11 is 0. The molecule has 0 unspecified atom stereocenters. The highest BCUT2D eigenvalue weighted by molar-refractivity contribution is 5.61. The van der Waals surface area contributed by atoms with Crippen LogP contribution in [0.2, 0.25) is 0 Å². The summed E-state index contributed by atoms with van der Waals surface area (Å²) in [5.41, 5.74) is 8.98. The van der Waals surface area contributed by atoms with E-state index in [0.29, 0.717) is 5.41 Å². The van der Waals surface area contributed by atoms with Crippen molar-refractivity contribution in [3.8, 4) is 5.75 Å². The first kappa shape index (κ1) is 14.2. The van der Waals surface area contributed by atoms with E-state index in [1.807, 2.05) is 13.0 Å². The first-order valence-corrected chi connectivity index (χ1v) is 7.12. The summed E-state index contributed by atoms with van der Waals surface area (Å²) in [5, 5.41) is 0. The number of hydrogen-bond donors (Lipinski definition) is 1. The van der Waals surface area contributed by atoms with E-state index in [-0.39, 0.29) is 6.04 Å². The highest BCUT2D eigenvalue weighted by Crippen LogP contribution is 2.38. The van der Waals surface area contributed by atoms with Crippen LogP contribution in [0.25, 0.3) is 0 Å². The van der Waals surface area contributed by atoms with Crippen molar-refractivity contribution in [2.24, 2.45) is 11.1 Å². The Bertz CT molecular complexity index is 430. The lowest BCUT2D eigenvalue weighted by Crippen LogP contribution is -2.38. The van der Waals surface area contributed by atoms with E-state index < -0.39 is 0 Å². The molecule has 0 radical (unpaired) electrons. The van der Waals surface area contributed by atoms with Crippen LogP contribution in [0.1, 0.15) is 45.2 Å². The Morgan fingerprint density at radius 1 is 1.26 bits per heavy atom. The molecule has 0 aliphatic carbocycles. The number of nitrogens with two attached hydrogens (primary N) is 1. The Morgan fingerprint density at radius 2 is 1.89 bits per heavy atom. The molecule has 1 aromatic rings. The first-order valence-electron chi connectivity index (χ1n) is 7.12. The fraction of sp³-hybridized carbons (Fsp3) is 0.625. The summed E-state index contributed by atoms with van der Waals surface area (Å²) < 4.78 is 5.47. The third-order valence-corrected chi connectivity index (χ3v) is 4.18. The molecule has 2 rings (SSSR count). The molecule has 1 heterocycles. The Hall–Kier alpha value is -1.22. The summed E-state index contributed by atoms with van der Waals surface area (Å²) in [6.07, 6.45) is 2.45. The predicted octanol–water partition coefficient (Wildman–Crippen LogP) is 3.34. The molecule has 106 valence electrons. The van der Waals surface area contributed by atoms with Crippen molar-refractivity contribution in [1.82, 2.24) is 0 Å². The van der Waals surface area contributed by atoms with Crippen LogP contribution >= 0.6 is 0 Å². The van der Waals surface area contributed by atoms with Gasteiger partial charge in [0, 0.05) is 30.4 Å². The van der Waals surface area contributed by atoms with E-state index in [1.54, 1.807) is 7.11 Å². The molecule has 1 fully saturated rings. The van der Waals surface area contributed by atoms with E-state index in [9.17, 15) is 0 Å². The summed E-state index contributed by atoms with van der Waals surface area (Å²) in [4.78, 5) is 2.45. The standard InChI is InChI=1S/C16H26N2O/c1-12(17)15-13(6-5-7-14(15)19-4)18-10-8-16(2,3)9-11-18/h5-7,12H,8-11,17H2,1-4H3/t12-/m0/s1. The molecule has 3 nitrogen and oxygen atoms in total.